The number of nitrogens with one attached hydrogen (secondary N) is 3. The summed E-state index contributed by atoms with van der Waals surface area (Å²) in [5.74, 6) is -0.525. The van der Waals surface area contributed by atoms with Crippen LogP contribution in [-0.4, -0.2) is 41.2 Å². The normalized spacial score (nSPS) is 20.2. The number of aromatic amines is 2. The van der Waals surface area contributed by atoms with Gasteiger partial charge in [0, 0.05) is 12.7 Å². The Bertz CT molecular complexity index is 802. The van der Waals surface area contributed by atoms with Crippen LogP contribution in [0.5, 0.6) is 0 Å². The monoisotopic (exact) mass is 345 g/mol. The third-order valence-electron chi connectivity index (χ3n) is 3.93. The standard InChI is InChI=1S/C17H19N3O5/c21-15-8-13(19-17(23)20-15)16(22)18-12-6-7-24-10-14(12)25-9-11-4-2-1-3-5-11/h1-5,8,12,14H,6-7,9-10H2,(H,18,22)(H2,19,20,21,23)/t12-,14-/m1/s1. The largest absolute Gasteiger partial charge is 0.379 e. The molecule has 1 aromatic carbocycles. The summed E-state index contributed by atoms with van der Waals surface area (Å²) in [6, 6.07) is 10.5. The maximum absolute atomic E-state index is 12.3. The number of hydrogen-bond acceptors (Lipinski definition) is 5. The summed E-state index contributed by atoms with van der Waals surface area (Å²) >= 11 is 0. The van der Waals surface area contributed by atoms with Gasteiger partial charge in [-0.1, -0.05) is 30.3 Å². The van der Waals surface area contributed by atoms with Gasteiger partial charge in [-0.15, -0.1) is 0 Å². The Morgan fingerprint density at radius 3 is 2.80 bits per heavy atom. The molecule has 3 rings (SSSR count). The Hall–Kier alpha value is -2.71. The summed E-state index contributed by atoms with van der Waals surface area (Å²) in [5, 5.41) is 2.81. The molecule has 3 N–H and O–H groups in total. The summed E-state index contributed by atoms with van der Waals surface area (Å²) in [7, 11) is 0. The van der Waals surface area contributed by atoms with Crippen molar-refractivity contribution in [2.24, 2.45) is 0 Å². The molecule has 1 aliphatic rings. The number of amides is 1. The van der Waals surface area contributed by atoms with Crippen LogP contribution in [0.25, 0.3) is 0 Å². The smallest absolute Gasteiger partial charge is 0.326 e. The zero-order valence-corrected chi connectivity index (χ0v) is 13.5. The Labute approximate surface area is 143 Å². The molecule has 2 heterocycles. The number of H-pyrrole nitrogens is 2. The summed E-state index contributed by atoms with van der Waals surface area (Å²) in [5.41, 5.74) is -0.404. The van der Waals surface area contributed by atoms with E-state index in [4.69, 9.17) is 9.47 Å². The molecule has 0 spiro atoms. The average Bonchev–Trinajstić information content (AvgIpc) is 2.61. The molecule has 2 aromatic rings. The molecule has 25 heavy (non-hydrogen) atoms. The van der Waals surface area contributed by atoms with Crippen molar-refractivity contribution in [3.05, 3.63) is 68.5 Å². The van der Waals surface area contributed by atoms with Gasteiger partial charge in [-0.2, -0.15) is 0 Å². The fraction of sp³-hybridized carbons (Fsp3) is 0.353. The van der Waals surface area contributed by atoms with Crippen molar-refractivity contribution < 1.29 is 14.3 Å². The molecule has 0 radical (unpaired) electrons. The molecule has 0 bridgehead atoms. The van der Waals surface area contributed by atoms with Gasteiger partial charge in [0.05, 0.1) is 19.3 Å². The minimum Gasteiger partial charge on any atom is -0.379 e. The summed E-state index contributed by atoms with van der Waals surface area (Å²) in [4.78, 5) is 39.3. The van der Waals surface area contributed by atoms with E-state index in [2.05, 4.69) is 10.3 Å². The van der Waals surface area contributed by atoms with Crippen molar-refractivity contribution in [1.29, 1.82) is 0 Å². The van der Waals surface area contributed by atoms with Gasteiger partial charge in [0.15, 0.2) is 0 Å². The highest BCUT2D eigenvalue weighted by atomic mass is 16.5. The van der Waals surface area contributed by atoms with Gasteiger partial charge in [-0.25, -0.2) is 4.79 Å². The molecular formula is C17H19N3O5. The Morgan fingerprint density at radius 2 is 2.04 bits per heavy atom. The first-order valence-electron chi connectivity index (χ1n) is 7.99. The molecule has 8 heteroatoms. The molecule has 0 aliphatic carbocycles. The lowest BCUT2D eigenvalue weighted by Gasteiger charge is -2.32. The van der Waals surface area contributed by atoms with Gasteiger partial charge in [-0.3, -0.25) is 14.6 Å². The number of ether oxygens (including phenoxy) is 2. The average molecular weight is 345 g/mol. The highest BCUT2D eigenvalue weighted by Crippen LogP contribution is 2.14. The third kappa shape index (κ3) is 4.65. The summed E-state index contributed by atoms with van der Waals surface area (Å²) < 4.78 is 11.3. The number of aromatic nitrogens is 2. The molecule has 0 unspecified atom stereocenters. The van der Waals surface area contributed by atoms with E-state index >= 15 is 0 Å². The van der Waals surface area contributed by atoms with Gasteiger partial charge in [0.1, 0.15) is 11.8 Å². The molecule has 1 aromatic heterocycles. The summed E-state index contributed by atoms with van der Waals surface area (Å²) in [6.07, 6.45) is 0.269. The lowest BCUT2D eigenvalue weighted by molar-refractivity contribution is -0.0736. The number of carbonyl (C=O) groups is 1. The topological polar surface area (TPSA) is 113 Å². The van der Waals surface area contributed by atoms with Crippen molar-refractivity contribution in [3.63, 3.8) is 0 Å². The lowest BCUT2D eigenvalue weighted by Crippen LogP contribution is -2.50. The van der Waals surface area contributed by atoms with Crippen molar-refractivity contribution in [3.8, 4) is 0 Å². The van der Waals surface area contributed by atoms with Crippen molar-refractivity contribution in [2.45, 2.75) is 25.2 Å². The van der Waals surface area contributed by atoms with Crippen molar-refractivity contribution in [1.82, 2.24) is 15.3 Å². The fourth-order valence-corrected chi connectivity index (χ4v) is 2.66. The van der Waals surface area contributed by atoms with E-state index in [1.54, 1.807) is 0 Å². The van der Waals surface area contributed by atoms with E-state index in [1.165, 1.54) is 0 Å². The van der Waals surface area contributed by atoms with Crippen LogP contribution in [0.2, 0.25) is 0 Å². The second-order valence-electron chi connectivity index (χ2n) is 5.78. The van der Waals surface area contributed by atoms with Crippen LogP contribution in [0, 0.1) is 0 Å². The molecule has 1 amide bonds. The summed E-state index contributed by atoms with van der Waals surface area (Å²) in [6.45, 7) is 1.27. The van der Waals surface area contributed by atoms with Crippen LogP contribution < -0.4 is 16.6 Å². The number of benzene rings is 1. The molecule has 1 fully saturated rings. The molecule has 1 saturated heterocycles. The predicted molar refractivity (Wildman–Crippen MR) is 89.4 cm³/mol. The first-order valence-corrected chi connectivity index (χ1v) is 7.99. The van der Waals surface area contributed by atoms with Gasteiger partial charge >= 0.3 is 5.69 Å². The zero-order chi connectivity index (χ0) is 17.6. The van der Waals surface area contributed by atoms with Crippen molar-refractivity contribution >= 4 is 5.91 Å². The van der Waals surface area contributed by atoms with Gasteiger partial charge < -0.3 is 19.8 Å². The maximum atomic E-state index is 12.3. The van der Waals surface area contributed by atoms with Crippen LogP contribution in [0.1, 0.15) is 22.5 Å². The first-order chi connectivity index (χ1) is 12.1. The second-order valence-corrected chi connectivity index (χ2v) is 5.78. The van der Waals surface area contributed by atoms with Crippen molar-refractivity contribution in [2.75, 3.05) is 13.2 Å². The van der Waals surface area contributed by atoms with E-state index < -0.39 is 17.2 Å². The highest BCUT2D eigenvalue weighted by Gasteiger charge is 2.28. The van der Waals surface area contributed by atoms with E-state index in [0.29, 0.717) is 26.2 Å². The van der Waals surface area contributed by atoms with Gasteiger partial charge in [0.25, 0.3) is 11.5 Å². The second kappa shape index (κ2) is 7.91. The lowest BCUT2D eigenvalue weighted by atomic mass is 10.1. The zero-order valence-electron chi connectivity index (χ0n) is 13.5. The molecule has 2 atom stereocenters. The molecule has 1 aliphatic heterocycles. The quantitative estimate of drug-likeness (QED) is 0.715. The predicted octanol–water partition coefficient (Wildman–Crippen LogP) is 0.167. The van der Waals surface area contributed by atoms with Crippen LogP contribution in [0.3, 0.4) is 0 Å². The Balaban J connectivity index is 1.65. The van der Waals surface area contributed by atoms with E-state index in [9.17, 15) is 14.4 Å². The minimum absolute atomic E-state index is 0.0814. The van der Waals surface area contributed by atoms with Gasteiger partial charge in [-0.05, 0) is 12.0 Å². The SMILES string of the molecule is O=C(N[C@@H]1CCOC[C@H]1OCc1ccccc1)c1cc(=O)[nH]c(=O)[nH]1. The number of rotatable bonds is 5. The third-order valence-corrected chi connectivity index (χ3v) is 3.93. The van der Waals surface area contributed by atoms with E-state index in [-0.39, 0.29) is 17.8 Å². The van der Waals surface area contributed by atoms with Crippen LogP contribution >= 0.6 is 0 Å². The van der Waals surface area contributed by atoms with Crippen LogP contribution in [-0.2, 0) is 16.1 Å². The number of carbonyl (C=O) groups excluding carboxylic acids is 1. The van der Waals surface area contributed by atoms with Crippen LogP contribution in [0.15, 0.2) is 46.0 Å². The molecule has 132 valence electrons. The first kappa shape index (κ1) is 17.1. The Morgan fingerprint density at radius 1 is 1.24 bits per heavy atom. The number of hydrogen-bond donors (Lipinski definition) is 3. The fourth-order valence-electron chi connectivity index (χ4n) is 2.66. The molecule has 0 saturated carbocycles. The van der Waals surface area contributed by atoms with E-state index in [0.717, 1.165) is 11.6 Å². The van der Waals surface area contributed by atoms with E-state index in [1.807, 2.05) is 35.3 Å². The maximum Gasteiger partial charge on any atom is 0.326 e. The molecular weight excluding hydrogens is 326 g/mol. The molecule has 8 nitrogen and oxygen atoms in total. The minimum atomic E-state index is -0.721. The highest BCUT2D eigenvalue weighted by molar-refractivity contribution is 5.92. The van der Waals surface area contributed by atoms with Gasteiger partial charge in [0.2, 0.25) is 0 Å². The van der Waals surface area contributed by atoms with Crippen LogP contribution in [0.4, 0.5) is 0 Å². The Kier molecular flexibility index (Phi) is 5.42.